The number of hydrogen-bond acceptors (Lipinski definition) is 5. The van der Waals surface area contributed by atoms with Crippen LogP contribution in [-0.4, -0.2) is 34.4 Å². The van der Waals surface area contributed by atoms with Crippen LogP contribution in [0.2, 0.25) is 15.2 Å². The zero-order chi connectivity index (χ0) is 22.5. The zero-order valence-electron chi connectivity index (χ0n) is 16.5. The lowest BCUT2D eigenvalue weighted by molar-refractivity contribution is -0.138. The second kappa shape index (κ2) is 10.5. The Hall–Kier alpha value is -2.09. The standard InChI is InChI=1S/C21H21Cl3FN3O3/c22-16-18(26)17(23)20(24)27-19(16)21(30)31-11-15(29)28(14-4-2-1-3-5-14)10-12-6-8-13(25)9-7-12/h6-9,14H,1-5,10-11H2,(H2,26,27). The molecule has 1 amide bonds. The van der Waals surface area contributed by atoms with E-state index in [1.54, 1.807) is 17.0 Å². The summed E-state index contributed by atoms with van der Waals surface area (Å²) < 4.78 is 18.4. The van der Waals surface area contributed by atoms with E-state index in [4.69, 9.17) is 45.3 Å². The minimum absolute atomic E-state index is 0.0207. The van der Waals surface area contributed by atoms with E-state index >= 15 is 0 Å². The van der Waals surface area contributed by atoms with E-state index in [9.17, 15) is 14.0 Å². The smallest absolute Gasteiger partial charge is 0.359 e. The number of nitrogens with two attached hydrogens (primary N) is 1. The fourth-order valence-electron chi connectivity index (χ4n) is 3.55. The van der Waals surface area contributed by atoms with Gasteiger partial charge in [-0.25, -0.2) is 14.2 Å². The number of benzene rings is 1. The summed E-state index contributed by atoms with van der Waals surface area (Å²) in [5.41, 5.74) is 6.10. The summed E-state index contributed by atoms with van der Waals surface area (Å²) in [7, 11) is 0. The SMILES string of the molecule is Nc1c(Cl)c(Cl)nc(C(=O)OCC(=O)N(Cc2ccc(F)cc2)C2CCCCC2)c1Cl. The molecule has 0 unspecified atom stereocenters. The van der Waals surface area contributed by atoms with Gasteiger partial charge in [-0.15, -0.1) is 0 Å². The number of rotatable bonds is 6. The van der Waals surface area contributed by atoms with Gasteiger partial charge in [0.15, 0.2) is 17.5 Å². The molecule has 1 aliphatic carbocycles. The van der Waals surface area contributed by atoms with Crippen molar-refractivity contribution in [1.82, 2.24) is 9.88 Å². The number of ether oxygens (including phenoxy) is 1. The Bertz CT molecular complexity index is 967. The highest BCUT2D eigenvalue weighted by Crippen LogP contribution is 2.34. The molecule has 31 heavy (non-hydrogen) atoms. The van der Waals surface area contributed by atoms with Gasteiger partial charge in [0, 0.05) is 12.6 Å². The first-order chi connectivity index (χ1) is 14.8. The third-order valence-electron chi connectivity index (χ3n) is 5.19. The minimum Gasteiger partial charge on any atom is -0.451 e. The van der Waals surface area contributed by atoms with E-state index in [1.807, 2.05) is 0 Å². The lowest BCUT2D eigenvalue weighted by Gasteiger charge is -2.34. The van der Waals surface area contributed by atoms with Crippen molar-refractivity contribution in [3.8, 4) is 0 Å². The van der Waals surface area contributed by atoms with Crippen molar-refractivity contribution in [3.63, 3.8) is 0 Å². The summed E-state index contributed by atoms with van der Waals surface area (Å²) >= 11 is 17.7. The third-order valence-corrected chi connectivity index (χ3v) is 6.33. The Morgan fingerprint density at radius 1 is 1.10 bits per heavy atom. The predicted molar refractivity (Wildman–Crippen MR) is 118 cm³/mol. The number of nitrogens with zero attached hydrogens (tertiary/aromatic N) is 2. The molecule has 0 aliphatic heterocycles. The maximum atomic E-state index is 13.2. The molecule has 0 bridgehead atoms. The molecule has 10 heteroatoms. The van der Waals surface area contributed by atoms with E-state index in [1.165, 1.54) is 12.1 Å². The Morgan fingerprint density at radius 3 is 2.39 bits per heavy atom. The molecule has 3 rings (SSSR count). The van der Waals surface area contributed by atoms with E-state index < -0.39 is 12.6 Å². The Labute approximate surface area is 194 Å². The molecule has 1 heterocycles. The van der Waals surface area contributed by atoms with Crippen molar-refractivity contribution >= 4 is 52.4 Å². The highest BCUT2D eigenvalue weighted by atomic mass is 35.5. The Morgan fingerprint density at radius 2 is 1.74 bits per heavy atom. The number of anilines is 1. The van der Waals surface area contributed by atoms with E-state index in [-0.39, 0.29) is 44.3 Å². The monoisotopic (exact) mass is 487 g/mol. The summed E-state index contributed by atoms with van der Waals surface area (Å²) in [5, 5.41) is -0.452. The molecule has 1 aromatic heterocycles. The van der Waals surface area contributed by atoms with Crippen LogP contribution in [0.25, 0.3) is 0 Å². The van der Waals surface area contributed by atoms with Gasteiger partial charge in [0.05, 0.1) is 10.7 Å². The van der Waals surface area contributed by atoms with Gasteiger partial charge in [0.25, 0.3) is 5.91 Å². The van der Waals surface area contributed by atoms with Crippen LogP contribution in [0, 0.1) is 5.82 Å². The first-order valence-corrected chi connectivity index (χ1v) is 10.9. The van der Waals surface area contributed by atoms with E-state index in [2.05, 4.69) is 4.98 Å². The maximum Gasteiger partial charge on any atom is 0.359 e. The maximum absolute atomic E-state index is 13.2. The number of esters is 1. The quantitative estimate of drug-likeness (QED) is 0.441. The second-order valence-corrected chi connectivity index (χ2v) is 8.42. The molecule has 0 spiro atoms. The zero-order valence-corrected chi connectivity index (χ0v) is 18.8. The molecular weight excluding hydrogens is 468 g/mol. The molecular formula is C21H21Cl3FN3O3. The summed E-state index contributed by atoms with van der Waals surface area (Å²) in [4.78, 5) is 30.9. The van der Waals surface area contributed by atoms with Crippen LogP contribution in [0.1, 0.15) is 48.2 Å². The van der Waals surface area contributed by atoms with Gasteiger partial charge in [0.2, 0.25) is 0 Å². The lowest BCUT2D eigenvalue weighted by Crippen LogP contribution is -2.43. The van der Waals surface area contributed by atoms with Gasteiger partial charge in [0.1, 0.15) is 10.8 Å². The van der Waals surface area contributed by atoms with Crippen molar-refractivity contribution in [2.45, 2.75) is 44.7 Å². The average Bonchev–Trinajstić information content (AvgIpc) is 2.78. The number of carbonyl (C=O) groups is 2. The molecule has 2 aromatic rings. The largest absolute Gasteiger partial charge is 0.451 e. The van der Waals surface area contributed by atoms with E-state index in [0.29, 0.717) is 6.54 Å². The van der Waals surface area contributed by atoms with Gasteiger partial charge in [-0.2, -0.15) is 0 Å². The fraction of sp³-hybridized carbons (Fsp3) is 0.381. The van der Waals surface area contributed by atoms with Crippen LogP contribution in [0.15, 0.2) is 24.3 Å². The molecule has 6 nitrogen and oxygen atoms in total. The topological polar surface area (TPSA) is 85.5 Å². The van der Waals surface area contributed by atoms with Crippen LogP contribution in [0.5, 0.6) is 0 Å². The third kappa shape index (κ3) is 5.79. The van der Waals surface area contributed by atoms with Crippen LogP contribution in [0.3, 0.4) is 0 Å². The number of nitrogen functional groups attached to an aromatic ring is 1. The molecule has 166 valence electrons. The number of halogens is 4. The van der Waals surface area contributed by atoms with Crippen LogP contribution in [0.4, 0.5) is 10.1 Å². The van der Waals surface area contributed by atoms with Crippen LogP contribution in [-0.2, 0) is 16.1 Å². The number of amides is 1. The van der Waals surface area contributed by atoms with Gasteiger partial charge in [-0.3, -0.25) is 4.79 Å². The van der Waals surface area contributed by atoms with Gasteiger partial charge >= 0.3 is 5.97 Å². The molecule has 1 aromatic carbocycles. The van der Waals surface area contributed by atoms with Crippen molar-refractivity contribution in [2.75, 3.05) is 12.3 Å². The summed E-state index contributed by atoms with van der Waals surface area (Å²) in [6.07, 6.45) is 4.86. The molecule has 0 atom stereocenters. The van der Waals surface area contributed by atoms with Crippen LogP contribution >= 0.6 is 34.8 Å². The predicted octanol–water partition coefficient (Wildman–Crippen LogP) is 5.28. The van der Waals surface area contributed by atoms with Crippen LogP contribution < -0.4 is 5.73 Å². The highest BCUT2D eigenvalue weighted by Gasteiger charge is 2.28. The molecule has 0 radical (unpaired) electrons. The van der Waals surface area contributed by atoms with Crippen molar-refractivity contribution in [2.24, 2.45) is 0 Å². The summed E-state index contributed by atoms with van der Waals surface area (Å²) in [5.74, 6) is -1.65. The fourth-order valence-corrected chi connectivity index (χ4v) is 4.13. The Balaban J connectivity index is 1.72. The first-order valence-electron chi connectivity index (χ1n) is 9.79. The second-order valence-electron chi connectivity index (χ2n) is 7.31. The Kier molecular flexibility index (Phi) is 7.97. The molecule has 1 fully saturated rings. The van der Waals surface area contributed by atoms with Gasteiger partial charge in [-0.05, 0) is 30.5 Å². The van der Waals surface area contributed by atoms with Crippen molar-refractivity contribution in [3.05, 3.63) is 56.5 Å². The summed E-state index contributed by atoms with van der Waals surface area (Å²) in [6.45, 7) is -0.214. The first kappa shape index (κ1) is 23.6. The van der Waals surface area contributed by atoms with Crippen molar-refractivity contribution in [1.29, 1.82) is 0 Å². The van der Waals surface area contributed by atoms with Gasteiger partial charge < -0.3 is 15.4 Å². The normalized spacial score (nSPS) is 14.3. The number of aromatic nitrogens is 1. The summed E-state index contributed by atoms with van der Waals surface area (Å²) in [6, 6.07) is 5.98. The highest BCUT2D eigenvalue weighted by molar-refractivity contribution is 6.46. The molecule has 0 saturated heterocycles. The average molecular weight is 489 g/mol. The minimum atomic E-state index is -0.936. The molecule has 2 N–H and O–H groups in total. The number of pyridine rings is 1. The van der Waals surface area contributed by atoms with Gasteiger partial charge in [-0.1, -0.05) is 66.2 Å². The molecule has 1 saturated carbocycles. The number of carbonyl (C=O) groups excluding carboxylic acids is 2. The number of hydrogen-bond donors (Lipinski definition) is 1. The lowest BCUT2D eigenvalue weighted by atomic mass is 9.93. The van der Waals surface area contributed by atoms with E-state index in [0.717, 1.165) is 37.7 Å². The molecule has 1 aliphatic rings. The van der Waals surface area contributed by atoms with Crippen molar-refractivity contribution < 1.29 is 18.7 Å².